The van der Waals surface area contributed by atoms with E-state index in [-0.39, 0.29) is 24.3 Å². The molecule has 1 aliphatic heterocycles. The summed E-state index contributed by atoms with van der Waals surface area (Å²) in [7, 11) is 0. The van der Waals surface area contributed by atoms with E-state index in [1.165, 1.54) is 0 Å². The highest BCUT2D eigenvalue weighted by atomic mass is 16.2. The zero-order chi connectivity index (χ0) is 17.6. The van der Waals surface area contributed by atoms with Crippen LogP contribution in [0.1, 0.15) is 29.9 Å². The Morgan fingerprint density at radius 2 is 1.84 bits per heavy atom. The lowest BCUT2D eigenvalue weighted by atomic mass is 9.98. The normalized spacial score (nSPS) is 15.2. The van der Waals surface area contributed by atoms with E-state index >= 15 is 0 Å². The van der Waals surface area contributed by atoms with Gasteiger partial charge in [0.15, 0.2) is 0 Å². The molecule has 5 heteroatoms. The lowest BCUT2D eigenvalue weighted by Crippen LogP contribution is -2.33. The van der Waals surface area contributed by atoms with Crippen molar-refractivity contribution in [3.63, 3.8) is 0 Å². The predicted molar refractivity (Wildman–Crippen MR) is 98.1 cm³/mol. The van der Waals surface area contributed by atoms with Gasteiger partial charge >= 0.3 is 0 Å². The van der Waals surface area contributed by atoms with E-state index in [9.17, 15) is 9.59 Å². The summed E-state index contributed by atoms with van der Waals surface area (Å²) in [6.07, 6.45) is 1.54. The quantitative estimate of drug-likeness (QED) is 0.848. The molecule has 130 valence electrons. The van der Waals surface area contributed by atoms with Gasteiger partial charge in [-0.3, -0.25) is 9.59 Å². The standard InChI is InChI=1S/C20H23N3O2/c21-13-18(16-5-2-1-3-6-16)20(25)22-14-15-8-10-17(11-9-15)23-12-4-7-19(23)24/h1-3,5-6,8-11,18H,4,7,12-14,21H2,(H,22,25). The van der Waals surface area contributed by atoms with Gasteiger partial charge in [0.1, 0.15) is 0 Å². The molecule has 0 aliphatic carbocycles. The van der Waals surface area contributed by atoms with Crippen molar-refractivity contribution in [3.8, 4) is 0 Å². The molecule has 2 aromatic carbocycles. The van der Waals surface area contributed by atoms with Gasteiger partial charge in [0.25, 0.3) is 0 Å². The molecule has 0 spiro atoms. The number of hydrogen-bond donors (Lipinski definition) is 2. The molecule has 5 nitrogen and oxygen atoms in total. The first kappa shape index (κ1) is 17.2. The highest BCUT2D eigenvalue weighted by molar-refractivity contribution is 5.95. The number of rotatable bonds is 6. The van der Waals surface area contributed by atoms with Crippen LogP contribution in [0.2, 0.25) is 0 Å². The molecule has 0 bridgehead atoms. The van der Waals surface area contributed by atoms with Crippen molar-refractivity contribution in [2.45, 2.75) is 25.3 Å². The number of anilines is 1. The van der Waals surface area contributed by atoms with Gasteiger partial charge in [0.2, 0.25) is 11.8 Å². The number of nitrogens with zero attached hydrogens (tertiary/aromatic N) is 1. The number of hydrogen-bond acceptors (Lipinski definition) is 3. The smallest absolute Gasteiger partial charge is 0.229 e. The van der Waals surface area contributed by atoms with E-state index in [0.29, 0.717) is 13.0 Å². The molecule has 25 heavy (non-hydrogen) atoms. The zero-order valence-corrected chi connectivity index (χ0v) is 14.2. The summed E-state index contributed by atoms with van der Waals surface area (Å²) in [5, 5.41) is 2.95. The first-order valence-corrected chi connectivity index (χ1v) is 8.61. The predicted octanol–water partition coefficient (Wildman–Crippen LogP) is 2.17. The van der Waals surface area contributed by atoms with Crippen LogP contribution < -0.4 is 16.0 Å². The third-order valence-corrected chi connectivity index (χ3v) is 4.54. The maximum absolute atomic E-state index is 12.4. The average molecular weight is 337 g/mol. The van der Waals surface area contributed by atoms with Gasteiger partial charge in [-0.2, -0.15) is 0 Å². The molecule has 2 amide bonds. The van der Waals surface area contributed by atoms with Crippen LogP contribution in [-0.4, -0.2) is 24.9 Å². The number of benzene rings is 2. The van der Waals surface area contributed by atoms with E-state index in [1.54, 1.807) is 0 Å². The topological polar surface area (TPSA) is 75.4 Å². The number of nitrogens with two attached hydrogens (primary N) is 1. The van der Waals surface area contributed by atoms with Crippen molar-refractivity contribution >= 4 is 17.5 Å². The zero-order valence-electron chi connectivity index (χ0n) is 14.2. The summed E-state index contributed by atoms with van der Waals surface area (Å²) in [6, 6.07) is 17.3. The third-order valence-electron chi connectivity index (χ3n) is 4.54. The minimum atomic E-state index is -0.345. The number of carbonyl (C=O) groups is 2. The maximum Gasteiger partial charge on any atom is 0.229 e. The SMILES string of the molecule is NCC(C(=O)NCc1ccc(N2CCCC2=O)cc1)c1ccccc1. The molecule has 0 aromatic heterocycles. The second kappa shape index (κ2) is 7.94. The van der Waals surface area contributed by atoms with Crippen LogP contribution in [0.4, 0.5) is 5.69 Å². The Morgan fingerprint density at radius 3 is 2.44 bits per heavy atom. The molecular formula is C20H23N3O2. The van der Waals surface area contributed by atoms with Crippen molar-refractivity contribution < 1.29 is 9.59 Å². The largest absolute Gasteiger partial charge is 0.351 e. The minimum absolute atomic E-state index is 0.0764. The molecule has 1 unspecified atom stereocenters. The summed E-state index contributed by atoms with van der Waals surface area (Å²) in [6.45, 7) is 1.49. The summed E-state index contributed by atoms with van der Waals surface area (Å²) in [5.41, 5.74) is 8.61. The Morgan fingerprint density at radius 1 is 1.12 bits per heavy atom. The van der Waals surface area contributed by atoms with Crippen molar-refractivity contribution in [1.82, 2.24) is 5.32 Å². The molecule has 3 N–H and O–H groups in total. The Bertz CT molecular complexity index is 728. The van der Waals surface area contributed by atoms with Gasteiger partial charge in [-0.05, 0) is 29.7 Å². The van der Waals surface area contributed by atoms with E-state index < -0.39 is 0 Å². The third kappa shape index (κ3) is 4.06. The molecule has 0 radical (unpaired) electrons. The molecule has 2 aromatic rings. The number of amides is 2. The van der Waals surface area contributed by atoms with E-state index in [1.807, 2.05) is 59.5 Å². The van der Waals surface area contributed by atoms with Gasteiger partial charge in [0, 0.05) is 31.7 Å². The van der Waals surface area contributed by atoms with Crippen LogP contribution in [0.3, 0.4) is 0 Å². The lowest BCUT2D eigenvalue weighted by Gasteiger charge is -2.17. The fraction of sp³-hybridized carbons (Fsp3) is 0.300. The fourth-order valence-electron chi connectivity index (χ4n) is 3.11. The van der Waals surface area contributed by atoms with Gasteiger partial charge in [-0.1, -0.05) is 42.5 Å². The van der Waals surface area contributed by atoms with E-state index in [2.05, 4.69) is 5.32 Å². The Balaban J connectivity index is 1.59. The van der Waals surface area contributed by atoms with Crippen LogP contribution in [0.25, 0.3) is 0 Å². The molecule has 1 fully saturated rings. The summed E-state index contributed by atoms with van der Waals surface area (Å²) >= 11 is 0. The monoisotopic (exact) mass is 337 g/mol. The molecule has 0 saturated carbocycles. The van der Waals surface area contributed by atoms with Crippen molar-refractivity contribution in [1.29, 1.82) is 0 Å². The molecule has 3 rings (SSSR count). The van der Waals surface area contributed by atoms with Gasteiger partial charge in [0.05, 0.1) is 5.92 Å². The van der Waals surface area contributed by atoms with Crippen LogP contribution in [0, 0.1) is 0 Å². The molecule has 1 heterocycles. The van der Waals surface area contributed by atoms with Crippen LogP contribution in [0.5, 0.6) is 0 Å². The van der Waals surface area contributed by atoms with Crippen molar-refractivity contribution in [2.24, 2.45) is 5.73 Å². The highest BCUT2D eigenvalue weighted by Crippen LogP contribution is 2.21. The second-order valence-electron chi connectivity index (χ2n) is 6.23. The first-order valence-electron chi connectivity index (χ1n) is 8.61. The Kier molecular flexibility index (Phi) is 5.46. The van der Waals surface area contributed by atoms with Gasteiger partial charge in [-0.15, -0.1) is 0 Å². The van der Waals surface area contributed by atoms with E-state index in [4.69, 9.17) is 5.73 Å². The number of carbonyl (C=O) groups excluding carboxylic acids is 2. The highest BCUT2D eigenvalue weighted by Gasteiger charge is 2.21. The summed E-state index contributed by atoms with van der Waals surface area (Å²) in [5.74, 6) is -0.245. The van der Waals surface area contributed by atoms with Crippen LogP contribution in [-0.2, 0) is 16.1 Å². The first-order chi connectivity index (χ1) is 12.2. The Hall–Kier alpha value is -2.66. The van der Waals surface area contributed by atoms with Crippen molar-refractivity contribution in [2.75, 3.05) is 18.0 Å². The van der Waals surface area contributed by atoms with Crippen LogP contribution >= 0.6 is 0 Å². The molecular weight excluding hydrogens is 314 g/mol. The van der Waals surface area contributed by atoms with Gasteiger partial charge in [-0.25, -0.2) is 0 Å². The van der Waals surface area contributed by atoms with E-state index in [0.717, 1.165) is 29.8 Å². The van der Waals surface area contributed by atoms with Crippen LogP contribution in [0.15, 0.2) is 54.6 Å². The molecule has 1 atom stereocenters. The summed E-state index contributed by atoms with van der Waals surface area (Å²) < 4.78 is 0. The van der Waals surface area contributed by atoms with Crippen molar-refractivity contribution in [3.05, 3.63) is 65.7 Å². The fourth-order valence-corrected chi connectivity index (χ4v) is 3.11. The molecule has 1 saturated heterocycles. The number of nitrogens with one attached hydrogen (secondary N) is 1. The lowest BCUT2D eigenvalue weighted by molar-refractivity contribution is -0.122. The molecule has 1 aliphatic rings. The summed E-state index contributed by atoms with van der Waals surface area (Å²) in [4.78, 5) is 26.0. The van der Waals surface area contributed by atoms with Gasteiger partial charge < -0.3 is 16.0 Å². The average Bonchev–Trinajstić information content (AvgIpc) is 3.08. The minimum Gasteiger partial charge on any atom is -0.351 e. The Labute approximate surface area is 147 Å². The second-order valence-corrected chi connectivity index (χ2v) is 6.23. The maximum atomic E-state index is 12.4.